The van der Waals surface area contributed by atoms with Gasteiger partial charge in [0.2, 0.25) is 0 Å². The lowest BCUT2D eigenvalue weighted by Crippen LogP contribution is -2.23. The molecule has 15 heteroatoms. The van der Waals surface area contributed by atoms with Crippen LogP contribution in [0.1, 0.15) is 6.42 Å². The molecule has 3 rings (SSSR count). The number of pyridine rings is 1. The molecule has 1 fully saturated rings. The minimum atomic E-state index is -5.08. The molecule has 0 aromatic carbocycles. The summed E-state index contributed by atoms with van der Waals surface area (Å²) in [7, 11) is -3.74. The van der Waals surface area contributed by atoms with Gasteiger partial charge in [-0.25, -0.2) is 23.2 Å². The number of aromatic nitrogens is 2. The van der Waals surface area contributed by atoms with E-state index in [0.717, 1.165) is 19.5 Å². The third-order valence-electron chi connectivity index (χ3n) is 3.44. The normalized spacial score (nSPS) is 16.6. The maximum Gasteiger partial charge on any atom is 0.490 e. The summed E-state index contributed by atoms with van der Waals surface area (Å²) in [5.74, 6) is -1.99. The molecule has 0 saturated carbocycles. The SMILES string of the molecule is O=C(O)C(F)(F)F.O=S(=O)(Nc1cscn1)c1cnc(N[C@@H]2CCNC2)c(Cl)c1. The third kappa shape index (κ3) is 6.99. The maximum absolute atomic E-state index is 12.2. The van der Waals surface area contributed by atoms with Crippen molar-refractivity contribution in [3.63, 3.8) is 0 Å². The van der Waals surface area contributed by atoms with Gasteiger partial charge in [-0.15, -0.1) is 11.3 Å². The van der Waals surface area contributed by atoms with E-state index < -0.39 is 22.2 Å². The molecule has 160 valence electrons. The zero-order chi connectivity index (χ0) is 21.7. The van der Waals surface area contributed by atoms with E-state index in [1.54, 1.807) is 10.9 Å². The lowest BCUT2D eigenvalue weighted by Gasteiger charge is -2.14. The molecule has 1 saturated heterocycles. The van der Waals surface area contributed by atoms with Crippen molar-refractivity contribution in [1.29, 1.82) is 0 Å². The van der Waals surface area contributed by atoms with E-state index in [9.17, 15) is 21.6 Å². The molecule has 0 amide bonds. The van der Waals surface area contributed by atoms with Crippen molar-refractivity contribution >= 4 is 50.6 Å². The summed E-state index contributed by atoms with van der Waals surface area (Å²) in [6.45, 7) is 1.78. The number of hydrogen-bond donors (Lipinski definition) is 4. The maximum atomic E-state index is 12.2. The fraction of sp³-hybridized carbons (Fsp3) is 0.357. The summed E-state index contributed by atoms with van der Waals surface area (Å²) < 4.78 is 58.6. The van der Waals surface area contributed by atoms with E-state index in [2.05, 4.69) is 25.3 Å². The third-order valence-corrected chi connectivity index (χ3v) is 5.64. The highest BCUT2D eigenvalue weighted by Gasteiger charge is 2.38. The van der Waals surface area contributed by atoms with Crippen LogP contribution in [-0.2, 0) is 14.8 Å². The molecule has 2 aromatic heterocycles. The second-order valence-corrected chi connectivity index (χ2v) is 8.43. The number of hydrogen-bond acceptors (Lipinski definition) is 8. The number of sulfonamides is 1. The summed E-state index contributed by atoms with van der Waals surface area (Å²) in [5.41, 5.74) is 1.55. The molecule has 9 nitrogen and oxygen atoms in total. The Hall–Kier alpha value is -2.16. The number of aliphatic carboxylic acids is 1. The van der Waals surface area contributed by atoms with Crippen LogP contribution >= 0.6 is 22.9 Å². The Labute approximate surface area is 172 Å². The standard InChI is InChI=1S/C12H14ClN5O2S2.C2HF3O2/c13-10-3-9(22(19,20)18-11-6-21-7-16-11)5-15-12(10)17-8-1-2-14-4-8;3-2(4,5)1(6)7/h3,5-8,14,18H,1-2,4H2,(H,15,17);(H,6,7)/t8-;/m1./s1. The molecular weight excluding hydrogens is 459 g/mol. The predicted molar refractivity (Wildman–Crippen MR) is 101 cm³/mol. The van der Waals surface area contributed by atoms with E-state index in [1.165, 1.54) is 23.6 Å². The lowest BCUT2D eigenvalue weighted by atomic mass is 10.2. The smallest absolute Gasteiger partial charge is 0.475 e. The molecular formula is C14H15ClF3N5O4S2. The van der Waals surface area contributed by atoms with Crippen LogP contribution in [0, 0.1) is 0 Å². The van der Waals surface area contributed by atoms with Crippen LogP contribution in [-0.4, -0.2) is 54.8 Å². The molecule has 1 aliphatic rings. The summed E-state index contributed by atoms with van der Waals surface area (Å²) in [6, 6.07) is 1.63. The number of nitrogens with one attached hydrogen (secondary N) is 3. The molecule has 4 N–H and O–H groups in total. The van der Waals surface area contributed by atoms with Crippen LogP contribution in [0.2, 0.25) is 5.02 Å². The van der Waals surface area contributed by atoms with Crippen LogP contribution in [0.4, 0.5) is 24.8 Å². The Kier molecular flexibility index (Phi) is 7.62. The van der Waals surface area contributed by atoms with Crippen LogP contribution in [0.15, 0.2) is 28.0 Å². The van der Waals surface area contributed by atoms with E-state index in [1.807, 2.05) is 0 Å². The average molecular weight is 474 g/mol. The van der Waals surface area contributed by atoms with Crippen molar-refractivity contribution in [2.45, 2.75) is 23.5 Å². The second kappa shape index (κ2) is 9.56. The van der Waals surface area contributed by atoms with E-state index in [-0.39, 0.29) is 21.8 Å². The summed E-state index contributed by atoms with van der Waals surface area (Å²) >= 11 is 7.45. The second-order valence-electron chi connectivity index (χ2n) is 5.62. The minimum absolute atomic E-state index is 0.000553. The fourth-order valence-corrected chi connectivity index (χ4v) is 3.92. The first kappa shape index (κ1) is 23.1. The topological polar surface area (TPSA) is 133 Å². The van der Waals surface area contributed by atoms with Crippen LogP contribution < -0.4 is 15.4 Å². The van der Waals surface area contributed by atoms with Crippen molar-refractivity contribution in [2.24, 2.45) is 0 Å². The van der Waals surface area contributed by atoms with Gasteiger partial charge in [0.1, 0.15) is 10.7 Å². The van der Waals surface area contributed by atoms with Gasteiger partial charge in [-0.3, -0.25) is 4.72 Å². The number of carboxylic acid groups (broad SMARTS) is 1. The predicted octanol–water partition coefficient (Wildman–Crippen LogP) is 2.40. The molecule has 0 spiro atoms. The molecule has 29 heavy (non-hydrogen) atoms. The molecule has 0 aliphatic carbocycles. The quantitative estimate of drug-likeness (QED) is 0.520. The van der Waals surface area contributed by atoms with Gasteiger partial charge in [-0.2, -0.15) is 13.2 Å². The number of nitrogens with zero attached hydrogens (tertiary/aromatic N) is 2. The Bertz CT molecular complexity index is 935. The monoisotopic (exact) mass is 473 g/mol. The zero-order valence-electron chi connectivity index (χ0n) is 14.4. The van der Waals surface area contributed by atoms with Crippen LogP contribution in [0.3, 0.4) is 0 Å². The highest BCUT2D eigenvalue weighted by Crippen LogP contribution is 2.25. The van der Waals surface area contributed by atoms with Crippen LogP contribution in [0.5, 0.6) is 0 Å². The average Bonchev–Trinajstić information content (AvgIpc) is 3.30. The van der Waals surface area contributed by atoms with Gasteiger partial charge >= 0.3 is 12.1 Å². The van der Waals surface area contributed by atoms with Crippen molar-refractivity contribution < 1.29 is 31.5 Å². The number of thiazole rings is 1. The first-order valence-electron chi connectivity index (χ1n) is 7.83. The van der Waals surface area contributed by atoms with E-state index in [0.29, 0.717) is 5.82 Å². The van der Waals surface area contributed by atoms with Gasteiger partial charge in [0, 0.05) is 24.2 Å². The van der Waals surface area contributed by atoms with Crippen molar-refractivity contribution in [3.8, 4) is 0 Å². The highest BCUT2D eigenvalue weighted by atomic mass is 35.5. The minimum Gasteiger partial charge on any atom is -0.475 e. The fourth-order valence-electron chi connectivity index (χ4n) is 2.10. The number of halogens is 4. The Morgan fingerprint density at radius 1 is 1.38 bits per heavy atom. The van der Waals surface area contributed by atoms with Gasteiger partial charge in [0.15, 0.2) is 5.82 Å². The number of anilines is 2. The Morgan fingerprint density at radius 3 is 2.55 bits per heavy atom. The first-order valence-corrected chi connectivity index (χ1v) is 10.6. The van der Waals surface area contributed by atoms with Gasteiger partial charge in [0.25, 0.3) is 10.0 Å². The molecule has 1 atom stereocenters. The molecule has 0 radical (unpaired) electrons. The van der Waals surface area contributed by atoms with E-state index in [4.69, 9.17) is 21.5 Å². The van der Waals surface area contributed by atoms with Crippen molar-refractivity contribution in [3.05, 3.63) is 28.2 Å². The molecule has 3 heterocycles. The summed E-state index contributed by atoms with van der Waals surface area (Å²) in [6.07, 6.45) is -2.82. The van der Waals surface area contributed by atoms with Gasteiger partial charge in [-0.05, 0) is 19.0 Å². The van der Waals surface area contributed by atoms with E-state index >= 15 is 0 Å². The Balaban J connectivity index is 0.000000370. The van der Waals surface area contributed by atoms with Gasteiger partial charge in [0.05, 0.1) is 10.5 Å². The summed E-state index contributed by atoms with van der Waals surface area (Å²) in [5, 5.41) is 15.4. The Morgan fingerprint density at radius 2 is 2.07 bits per heavy atom. The van der Waals surface area contributed by atoms with Gasteiger partial charge in [-0.1, -0.05) is 11.6 Å². The summed E-state index contributed by atoms with van der Waals surface area (Å²) in [4.78, 5) is 16.9. The largest absolute Gasteiger partial charge is 0.490 e. The molecule has 0 bridgehead atoms. The molecule has 1 aliphatic heterocycles. The molecule has 2 aromatic rings. The van der Waals surface area contributed by atoms with Crippen molar-refractivity contribution in [1.82, 2.24) is 15.3 Å². The number of carbonyl (C=O) groups is 1. The van der Waals surface area contributed by atoms with Crippen molar-refractivity contribution in [2.75, 3.05) is 23.1 Å². The number of rotatable bonds is 5. The number of carboxylic acids is 1. The first-order chi connectivity index (χ1) is 13.5. The lowest BCUT2D eigenvalue weighted by molar-refractivity contribution is -0.192. The molecule has 0 unspecified atom stereocenters. The highest BCUT2D eigenvalue weighted by molar-refractivity contribution is 7.92. The van der Waals surface area contributed by atoms with Crippen LogP contribution in [0.25, 0.3) is 0 Å². The number of alkyl halides is 3. The van der Waals surface area contributed by atoms with Gasteiger partial charge < -0.3 is 15.7 Å². The zero-order valence-corrected chi connectivity index (χ0v) is 16.8.